The Balaban J connectivity index is 1.66. The Morgan fingerprint density at radius 3 is 2.90 bits per heavy atom. The summed E-state index contributed by atoms with van der Waals surface area (Å²) in [5, 5.41) is 7.90. The molecule has 1 saturated heterocycles. The van der Waals surface area contributed by atoms with E-state index in [1.807, 2.05) is 0 Å². The quantitative estimate of drug-likeness (QED) is 0.891. The number of nitrogens with two attached hydrogens (primary N) is 1. The third kappa shape index (κ3) is 2.70. The number of hydrogen-bond acceptors (Lipinski definition) is 4. The minimum atomic E-state index is 0.176. The van der Waals surface area contributed by atoms with Crippen molar-refractivity contribution in [2.75, 3.05) is 6.54 Å². The van der Waals surface area contributed by atoms with Crippen molar-refractivity contribution in [3.63, 3.8) is 0 Å². The highest BCUT2D eigenvalue weighted by atomic mass is 16.2. The van der Waals surface area contributed by atoms with Gasteiger partial charge in [-0.2, -0.15) is 0 Å². The molecule has 1 amide bonds. The van der Waals surface area contributed by atoms with Crippen molar-refractivity contribution in [3.05, 3.63) is 11.9 Å². The minimum absolute atomic E-state index is 0.176. The van der Waals surface area contributed by atoms with Gasteiger partial charge in [0.1, 0.15) is 6.54 Å². The number of likely N-dealkylation sites (tertiary alicyclic amines) is 1. The zero-order valence-electron chi connectivity index (χ0n) is 11.9. The molecule has 110 valence electrons. The van der Waals surface area contributed by atoms with Crippen molar-refractivity contribution in [1.29, 1.82) is 0 Å². The molecule has 0 spiro atoms. The molecule has 1 aromatic heterocycles. The van der Waals surface area contributed by atoms with E-state index < -0.39 is 0 Å². The highest BCUT2D eigenvalue weighted by molar-refractivity contribution is 5.76. The summed E-state index contributed by atoms with van der Waals surface area (Å²) in [6.07, 6.45) is 9.22. The largest absolute Gasteiger partial charge is 0.338 e. The lowest BCUT2D eigenvalue weighted by Gasteiger charge is -2.44. The fraction of sp³-hybridized carbons (Fsp3) is 0.786. The minimum Gasteiger partial charge on any atom is -0.338 e. The van der Waals surface area contributed by atoms with Crippen LogP contribution in [0.1, 0.15) is 44.2 Å². The first kappa shape index (κ1) is 13.5. The van der Waals surface area contributed by atoms with Gasteiger partial charge in [-0.05, 0) is 31.6 Å². The van der Waals surface area contributed by atoms with Gasteiger partial charge >= 0.3 is 0 Å². The van der Waals surface area contributed by atoms with Crippen LogP contribution in [-0.4, -0.2) is 38.4 Å². The fourth-order valence-corrected chi connectivity index (χ4v) is 3.67. The Hall–Kier alpha value is -1.43. The number of aromatic nitrogens is 3. The molecule has 2 fully saturated rings. The van der Waals surface area contributed by atoms with E-state index in [0.717, 1.165) is 24.6 Å². The molecule has 1 aromatic rings. The van der Waals surface area contributed by atoms with E-state index in [1.54, 1.807) is 10.9 Å². The van der Waals surface area contributed by atoms with Crippen LogP contribution in [0.4, 0.5) is 0 Å². The normalized spacial score (nSPS) is 26.4. The summed E-state index contributed by atoms with van der Waals surface area (Å²) in [5.41, 5.74) is 6.24. The molecular formula is C14H23N5O. The summed E-state index contributed by atoms with van der Waals surface area (Å²) in [6.45, 7) is 1.55. The zero-order valence-corrected chi connectivity index (χ0v) is 11.9. The van der Waals surface area contributed by atoms with Crippen LogP contribution in [0.2, 0.25) is 0 Å². The van der Waals surface area contributed by atoms with Gasteiger partial charge in [-0.1, -0.05) is 18.1 Å². The molecule has 0 aromatic carbocycles. The van der Waals surface area contributed by atoms with Gasteiger partial charge in [0.05, 0.1) is 11.9 Å². The summed E-state index contributed by atoms with van der Waals surface area (Å²) >= 11 is 0. The van der Waals surface area contributed by atoms with Crippen LogP contribution in [-0.2, 0) is 17.9 Å². The summed E-state index contributed by atoms with van der Waals surface area (Å²) in [7, 11) is 0. The van der Waals surface area contributed by atoms with E-state index in [0.29, 0.717) is 12.6 Å². The molecule has 2 aliphatic rings. The molecule has 0 unspecified atom stereocenters. The summed E-state index contributed by atoms with van der Waals surface area (Å²) in [4.78, 5) is 14.6. The maximum atomic E-state index is 12.5. The molecular weight excluding hydrogens is 254 g/mol. The third-order valence-corrected chi connectivity index (χ3v) is 4.66. The summed E-state index contributed by atoms with van der Waals surface area (Å²) in [5.74, 6) is 0.895. The first-order chi connectivity index (χ1) is 9.78. The fourth-order valence-electron chi connectivity index (χ4n) is 3.67. The predicted octanol–water partition coefficient (Wildman–Crippen LogP) is 0.918. The molecule has 0 bridgehead atoms. The highest BCUT2D eigenvalue weighted by Gasteiger charge is 2.35. The summed E-state index contributed by atoms with van der Waals surface area (Å²) < 4.78 is 1.61. The molecule has 1 saturated carbocycles. The van der Waals surface area contributed by atoms with Crippen LogP contribution >= 0.6 is 0 Å². The second kappa shape index (κ2) is 5.91. The van der Waals surface area contributed by atoms with Gasteiger partial charge in [0.25, 0.3) is 0 Å². The third-order valence-electron chi connectivity index (χ3n) is 4.66. The Morgan fingerprint density at radius 2 is 2.10 bits per heavy atom. The van der Waals surface area contributed by atoms with Crippen molar-refractivity contribution in [3.8, 4) is 0 Å². The molecule has 3 rings (SSSR count). The molecule has 6 nitrogen and oxygen atoms in total. The van der Waals surface area contributed by atoms with Gasteiger partial charge < -0.3 is 10.6 Å². The van der Waals surface area contributed by atoms with Crippen molar-refractivity contribution in [1.82, 2.24) is 19.9 Å². The first-order valence-electron chi connectivity index (χ1n) is 7.66. The monoisotopic (exact) mass is 277 g/mol. The van der Waals surface area contributed by atoms with Gasteiger partial charge in [0.2, 0.25) is 5.91 Å². The lowest BCUT2D eigenvalue weighted by atomic mass is 9.78. The Kier molecular flexibility index (Phi) is 4.00. The topological polar surface area (TPSA) is 77.0 Å². The van der Waals surface area contributed by atoms with Crippen molar-refractivity contribution >= 4 is 5.91 Å². The van der Waals surface area contributed by atoms with Gasteiger partial charge in [-0.3, -0.25) is 4.79 Å². The molecule has 2 atom stereocenters. The predicted molar refractivity (Wildman–Crippen MR) is 74.6 cm³/mol. The van der Waals surface area contributed by atoms with Crippen molar-refractivity contribution in [2.45, 2.75) is 57.7 Å². The van der Waals surface area contributed by atoms with E-state index in [1.165, 1.54) is 32.1 Å². The van der Waals surface area contributed by atoms with Crippen LogP contribution in [0.5, 0.6) is 0 Å². The van der Waals surface area contributed by atoms with Crippen molar-refractivity contribution < 1.29 is 4.79 Å². The number of hydrogen-bond donors (Lipinski definition) is 1. The van der Waals surface area contributed by atoms with Crippen molar-refractivity contribution in [2.24, 2.45) is 11.7 Å². The SMILES string of the molecule is NCc1cn(CC(=O)N2CCC[C@H]3CCCC[C@H]32)nn1. The smallest absolute Gasteiger partial charge is 0.244 e. The summed E-state index contributed by atoms with van der Waals surface area (Å²) in [6, 6.07) is 0.461. The molecule has 20 heavy (non-hydrogen) atoms. The molecule has 1 aliphatic carbocycles. The van der Waals surface area contributed by atoms with Gasteiger partial charge in [-0.25, -0.2) is 4.68 Å². The van der Waals surface area contributed by atoms with Gasteiger partial charge in [-0.15, -0.1) is 5.10 Å². The number of amides is 1. The molecule has 1 aliphatic heterocycles. The highest BCUT2D eigenvalue weighted by Crippen LogP contribution is 2.35. The van der Waals surface area contributed by atoms with Crippen LogP contribution in [0.25, 0.3) is 0 Å². The number of piperidine rings is 1. The number of carbonyl (C=O) groups is 1. The molecule has 6 heteroatoms. The van der Waals surface area contributed by atoms with Gasteiger partial charge in [0.15, 0.2) is 0 Å². The lowest BCUT2D eigenvalue weighted by Crippen LogP contribution is -2.50. The van der Waals surface area contributed by atoms with Crippen LogP contribution in [0.15, 0.2) is 6.20 Å². The zero-order chi connectivity index (χ0) is 13.9. The molecule has 0 radical (unpaired) electrons. The van der Waals surface area contributed by atoms with E-state index in [-0.39, 0.29) is 12.5 Å². The molecule has 2 heterocycles. The second-order valence-electron chi connectivity index (χ2n) is 5.95. The van der Waals surface area contributed by atoms with Crippen LogP contribution in [0, 0.1) is 5.92 Å². The average Bonchev–Trinajstić information content (AvgIpc) is 2.94. The Bertz CT molecular complexity index is 470. The standard InChI is InChI=1S/C14H23N5O/c15-8-12-9-18(17-16-12)10-14(20)19-7-3-5-11-4-1-2-6-13(11)19/h9,11,13H,1-8,10,15H2/t11-,13-/m1/s1. The van der Waals surface area contributed by atoms with E-state index >= 15 is 0 Å². The first-order valence-corrected chi connectivity index (χ1v) is 7.66. The van der Waals surface area contributed by atoms with E-state index in [4.69, 9.17) is 5.73 Å². The van der Waals surface area contributed by atoms with Gasteiger partial charge in [0, 0.05) is 19.1 Å². The maximum Gasteiger partial charge on any atom is 0.244 e. The van der Waals surface area contributed by atoms with Crippen LogP contribution < -0.4 is 5.73 Å². The Morgan fingerprint density at radius 1 is 1.30 bits per heavy atom. The number of carbonyl (C=O) groups excluding carboxylic acids is 1. The molecule has 2 N–H and O–H groups in total. The maximum absolute atomic E-state index is 12.5. The number of nitrogens with zero attached hydrogens (tertiary/aromatic N) is 4. The van der Waals surface area contributed by atoms with E-state index in [2.05, 4.69) is 15.2 Å². The second-order valence-corrected chi connectivity index (χ2v) is 5.95. The van der Waals surface area contributed by atoms with E-state index in [9.17, 15) is 4.79 Å². The Labute approximate surface area is 119 Å². The average molecular weight is 277 g/mol. The number of fused-ring (bicyclic) bond motifs is 1. The lowest BCUT2D eigenvalue weighted by molar-refractivity contribution is -0.138. The number of rotatable bonds is 3. The van der Waals surface area contributed by atoms with Crippen LogP contribution in [0.3, 0.4) is 0 Å².